The minimum atomic E-state index is -4.36. The van der Waals surface area contributed by atoms with E-state index < -0.39 is 104 Å². The monoisotopic (exact) mass is 849 g/mol. The van der Waals surface area contributed by atoms with Gasteiger partial charge in [-0.2, -0.15) is 8.78 Å². The van der Waals surface area contributed by atoms with Gasteiger partial charge < -0.3 is 19.9 Å². The first-order valence-electron chi connectivity index (χ1n) is 20.2. The number of fused-ring (bicyclic) bond motifs is 3. The predicted molar refractivity (Wildman–Crippen MR) is 211 cm³/mol. The van der Waals surface area contributed by atoms with Crippen LogP contribution >= 0.6 is 0 Å². The summed E-state index contributed by atoms with van der Waals surface area (Å²) in [4.78, 5) is 62.1. The van der Waals surface area contributed by atoms with Crippen molar-refractivity contribution in [3.8, 4) is 11.6 Å². The van der Waals surface area contributed by atoms with Crippen molar-refractivity contribution in [3.05, 3.63) is 42.4 Å². The van der Waals surface area contributed by atoms with E-state index in [9.17, 15) is 27.9 Å². The van der Waals surface area contributed by atoms with E-state index in [1.165, 1.54) is 32.4 Å². The molecule has 0 spiro atoms. The van der Waals surface area contributed by atoms with Crippen LogP contribution in [0.3, 0.4) is 0 Å². The molecule has 18 heteroatoms. The van der Waals surface area contributed by atoms with Crippen LogP contribution in [0.25, 0.3) is 10.8 Å². The molecule has 6 rings (SSSR count). The van der Waals surface area contributed by atoms with Crippen LogP contribution in [0, 0.1) is 23.6 Å². The van der Waals surface area contributed by atoms with Crippen molar-refractivity contribution in [3.63, 3.8) is 0 Å². The number of benzene rings is 1. The number of sulfonamides is 1. The van der Waals surface area contributed by atoms with Gasteiger partial charge in [-0.1, -0.05) is 39.3 Å². The molecule has 2 saturated carbocycles. The van der Waals surface area contributed by atoms with Gasteiger partial charge in [-0.05, 0) is 101 Å². The molecule has 1 saturated heterocycles. The number of allylic oxidation sites excluding steroid dienone is 1. The van der Waals surface area contributed by atoms with E-state index in [0.29, 0.717) is 31.1 Å². The van der Waals surface area contributed by atoms with E-state index in [2.05, 4.69) is 15.0 Å². The Morgan fingerprint density at radius 2 is 1.86 bits per heavy atom. The number of methoxy groups -OCH3 is 1. The maximum absolute atomic E-state index is 17.7. The van der Waals surface area contributed by atoms with Gasteiger partial charge in [0.05, 0.1) is 11.9 Å². The number of alkyl halides is 2. The molecule has 0 bridgehead atoms. The third-order valence-corrected chi connectivity index (χ3v) is 15.2. The second kappa shape index (κ2) is 15.8. The predicted octanol–water partition coefficient (Wildman–Crippen LogP) is 6.14. The zero-order valence-electron chi connectivity index (χ0n) is 34.4. The largest absolute Gasteiger partial charge is 0.494 e. The molecule has 4 aliphatic rings. The van der Waals surface area contributed by atoms with E-state index in [-0.39, 0.29) is 47.6 Å². The summed E-state index contributed by atoms with van der Waals surface area (Å²) in [6.07, 6.45) is 4.78. The Labute approximate surface area is 342 Å². The Bertz CT molecular complexity index is 2150. The standard InChI is InChI=1S/C41H54F3N5O9S/c1-8-24(4)48(37(53)54)32-25(9-2)18-23(3)12-10-11-13-27-21-40(27,36(52)47-59(55,56)38(5)15-16-38)46-33(50)30-22-39(6,41(43,44)49(30)35(32)51)58-34-28-20-29(42)31(57-7)19-26(28)14-17-45-34/h11,13-14,17,19-20,23-25,27,30,32H,8-10,12,15-16,18,21-22H2,1-7H3,(H,46,50)(H,47,52)(H,53,54)/b13-11-/t23-,24?,25+,27+,30-,32-,39+,40+/m0/s1. The molecule has 324 valence electrons. The number of hydrogen-bond donors (Lipinski definition) is 3. The normalized spacial score (nSPS) is 31.4. The third-order valence-electron chi connectivity index (χ3n) is 13.0. The minimum Gasteiger partial charge on any atom is -0.494 e. The first-order chi connectivity index (χ1) is 27.6. The molecule has 59 heavy (non-hydrogen) atoms. The highest BCUT2D eigenvalue weighted by molar-refractivity contribution is 7.91. The van der Waals surface area contributed by atoms with Gasteiger partial charge >= 0.3 is 12.1 Å². The number of ether oxygens (including phenoxy) is 2. The number of aromatic nitrogens is 1. The topological polar surface area (TPSA) is 185 Å². The Balaban J connectivity index is 1.50. The first kappa shape index (κ1) is 44.0. The lowest BCUT2D eigenvalue weighted by Gasteiger charge is -2.43. The summed E-state index contributed by atoms with van der Waals surface area (Å²) in [6.45, 7) is 9.40. The average molecular weight is 850 g/mol. The van der Waals surface area contributed by atoms with Crippen LogP contribution in [-0.4, -0.2) is 99.3 Å². The summed E-state index contributed by atoms with van der Waals surface area (Å²) in [5.41, 5.74) is -4.62. The minimum absolute atomic E-state index is 0.0106. The zero-order valence-corrected chi connectivity index (χ0v) is 35.2. The number of pyridine rings is 1. The molecular weight excluding hydrogens is 796 g/mol. The number of carboxylic acid groups (broad SMARTS) is 1. The molecule has 14 nitrogen and oxygen atoms in total. The number of nitrogens with zero attached hydrogens (tertiary/aromatic N) is 3. The van der Waals surface area contributed by atoms with Gasteiger partial charge in [-0.3, -0.25) is 28.9 Å². The van der Waals surface area contributed by atoms with Crippen LogP contribution in [0.5, 0.6) is 11.6 Å². The SMILES string of the molecule is CCC(C)N(C(=O)O)[C@@H]1C(=O)N2[C@@H](C[C@@](C)(Oc3nccc4cc(OC)c(F)cc34)C2(F)F)C(=O)N[C@]2(C(=O)NS(=O)(=O)C3(C)CC3)C[C@H]2/C=C\CC[C@H](C)C[C@H]1CC. The van der Waals surface area contributed by atoms with Gasteiger partial charge in [0.25, 0.3) is 11.8 Å². The molecule has 0 radical (unpaired) electrons. The van der Waals surface area contributed by atoms with Gasteiger partial charge in [0, 0.05) is 30.0 Å². The van der Waals surface area contributed by atoms with Crippen molar-refractivity contribution in [2.24, 2.45) is 17.8 Å². The van der Waals surface area contributed by atoms with Crippen molar-refractivity contribution >= 4 is 44.6 Å². The lowest BCUT2D eigenvalue weighted by molar-refractivity contribution is -0.219. The molecular formula is C41H54F3N5O9S. The summed E-state index contributed by atoms with van der Waals surface area (Å²) in [5.74, 6) is -6.56. The van der Waals surface area contributed by atoms with Crippen molar-refractivity contribution in [2.45, 2.75) is 139 Å². The highest BCUT2D eigenvalue weighted by atomic mass is 32.2. The second-order valence-electron chi connectivity index (χ2n) is 17.2. The van der Waals surface area contributed by atoms with Gasteiger partial charge in [-0.15, -0.1) is 0 Å². The van der Waals surface area contributed by atoms with Crippen molar-refractivity contribution in [1.82, 2.24) is 24.8 Å². The quantitative estimate of drug-likeness (QED) is 0.186. The smallest absolute Gasteiger partial charge is 0.408 e. The van der Waals surface area contributed by atoms with E-state index in [0.717, 1.165) is 17.9 Å². The van der Waals surface area contributed by atoms with Crippen LogP contribution in [-0.2, 0) is 24.4 Å². The summed E-state index contributed by atoms with van der Waals surface area (Å²) in [7, 11) is -2.93. The van der Waals surface area contributed by atoms with Crippen LogP contribution in [0.4, 0.5) is 18.0 Å². The molecule has 2 aromatic rings. The van der Waals surface area contributed by atoms with E-state index in [1.54, 1.807) is 26.8 Å². The van der Waals surface area contributed by atoms with Crippen molar-refractivity contribution in [1.29, 1.82) is 0 Å². The molecule has 4 amide bonds. The maximum atomic E-state index is 17.7. The molecule has 1 unspecified atom stereocenters. The molecule has 2 aliphatic heterocycles. The zero-order chi connectivity index (χ0) is 43.5. The van der Waals surface area contributed by atoms with Gasteiger partial charge in [0.2, 0.25) is 21.8 Å². The Morgan fingerprint density at radius 1 is 1.17 bits per heavy atom. The third kappa shape index (κ3) is 7.81. The summed E-state index contributed by atoms with van der Waals surface area (Å²) in [6, 6.07) is -5.09. The molecule has 3 N–H and O–H groups in total. The summed E-state index contributed by atoms with van der Waals surface area (Å²) in [5, 5.41) is 13.5. The summed E-state index contributed by atoms with van der Waals surface area (Å²) < 4.78 is 88.9. The molecule has 8 atom stereocenters. The molecule has 1 aromatic heterocycles. The second-order valence-corrected chi connectivity index (χ2v) is 19.4. The van der Waals surface area contributed by atoms with Gasteiger partial charge in [0.15, 0.2) is 17.2 Å². The number of carbonyl (C=O) groups is 4. The van der Waals surface area contributed by atoms with Crippen LogP contribution < -0.4 is 19.5 Å². The van der Waals surface area contributed by atoms with Gasteiger partial charge in [0.1, 0.15) is 17.6 Å². The first-order valence-corrected chi connectivity index (χ1v) is 21.7. The number of nitrogens with one attached hydrogen (secondary N) is 2. The fraction of sp³-hybridized carbons (Fsp3) is 0.634. The van der Waals surface area contributed by atoms with E-state index in [1.807, 2.05) is 13.0 Å². The van der Waals surface area contributed by atoms with Gasteiger partial charge in [-0.25, -0.2) is 22.6 Å². The van der Waals surface area contributed by atoms with E-state index >= 15 is 18.0 Å². The van der Waals surface area contributed by atoms with Crippen molar-refractivity contribution in [2.75, 3.05) is 7.11 Å². The number of halogens is 3. The highest BCUT2D eigenvalue weighted by Crippen LogP contribution is 2.51. The maximum Gasteiger partial charge on any atom is 0.408 e. The molecule has 1 aromatic carbocycles. The average Bonchev–Trinajstić information content (AvgIpc) is 4.08. The van der Waals surface area contributed by atoms with Crippen LogP contribution in [0.1, 0.15) is 99.3 Å². The number of rotatable bonds is 10. The Hall–Kier alpha value is -4.61. The summed E-state index contributed by atoms with van der Waals surface area (Å²) >= 11 is 0. The Kier molecular flexibility index (Phi) is 11.8. The lowest BCUT2D eigenvalue weighted by Crippen LogP contribution is -2.65. The Morgan fingerprint density at radius 3 is 2.47 bits per heavy atom. The molecule has 3 fully saturated rings. The lowest BCUT2D eigenvalue weighted by atomic mass is 9.83. The van der Waals surface area contributed by atoms with Crippen LogP contribution in [0.15, 0.2) is 36.5 Å². The van der Waals surface area contributed by atoms with Crippen molar-refractivity contribution < 1.29 is 55.3 Å². The molecule has 3 heterocycles. The fourth-order valence-electron chi connectivity index (χ4n) is 8.57. The number of hydrogen-bond acceptors (Lipinski definition) is 9. The number of carbonyl (C=O) groups excluding carboxylic acids is 3. The fourth-order valence-corrected chi connectivity index (χ4v) is 9.88. The highest BCUT2D eigenvalue weighted by Gasteiger charge is 2.71. The molecule has 2 aliphatic carbocycles. The number of amides is 4. The van der Waals surface area contributed by atoms with E-state index in [4.69, 9.17) is 9.47 Å². The van der Waals surface area contributed by atoms with Crippen LogP contribution in [0.2, 0.25) is 0 Å².